The van der Waals surface area contributed by atoms with Crippen molar-refractivity contribution in [2.75, 3.05) is 31.6 Å². The zero-order valence-electron chi connectivity index (χ0n) is 13.7. The molecule has 4 nitrogen and oxygen atoms in total. The van der Waals surface area contributed by atoms with E-state index in [-0.39, 0.29) is 12.0 Å². The van der Waals surface area contributed by atoms with Crippen molar-refractivity contribution < 1.29 is 9.53 Å². The van der Waals surface area contributed by atoms with Crippen molar-refractivity contribution in [3.8, 4) is 0 Å². The Morgan fingerprint density at radius 2 is 2.05 bits per heavy atom. The van der Waals surface area contributed by atoms with Crippen LogP contribution in [-0.2, 0) is 9.53 Å². The fourth-order valence-electron chi connectivity index (χ4n) is 2.30. The average Bonchev–Trinajstić information content (AvgIpc) is 2.47. The highest BCUT2D eigenvalue weighted by Gasteiger charge is 2.19. The van der Waals surface area contributed by atoms with Gasteiger partial charge >= 0.3 is 5.97 Å². The fourth-order valence-corrected chi connectivity index (χ4v) is 2.30. The SMILES string of the molecule is CCCNC(CCN(C)c1ccccc1C)C(=O)OCC. The van der Waals surface area contributed by atoms with E-state index in [2.05, 4.69) is 43.2 Å². The number of nitrogens with one attached hydrogen (secondary N) is 1. The molecule has 0 heterocycles. The first-order valence-corrected chi connectivity index (χ1v) is 7.76. The molecule has 0 saturated carbocycles. The Morgan fingerprint density at radius 1 is 1.33 bits per heavy atom. The lowest BCUT2D eigenvalue weighted by molar-refractivity contribution is -0.145. The number of carbonyl (C=O) groups excluding carboxylic acids is 1. The Hall–Kier alpha value is -1.55. The second kappa shape index (κ2) is 9.40. The van der Waals surface area contributed by atoms with E-state index in [1.807, 2.05) is 19.1 Å². The number of esters is 1. The molecule has 0 aliphatic heterocycles. The number of carbonyl (C=O) groups is 1. The van der Waals surface area contributed by atoms with Gasteiger partial charge in [-0.05, 0) is 44.9 Å². The van der Waals surface area contributed by atoms with Crippen LogP contribution in [0.15, 0.2) is 24.3 Å². The van der Waals surface area contributed by atoms with E-state index in [4.69, 9.17) is 4.74 Å². The minimum Gasteiger partial charge on any atom is -0.465 e. The molecule has 118 valence electrons. The molecule has 1 rings (SSSR count). The lowest BCUT2D eigenvalue weighted by atomic mass is 10.1. The van der Waals surface area contributed by atoms with Gasteiger partial charge in [0, 0.05) is 19.3 Å². The molecule has 0 spiro atoms. The van der Waals surface area contributed by atoms with E-state index >= 15 is 0 Å². The van der Waals surface area contributed by atoms with E-state index in [0.29, 0.717) is 6.61 Å². The minimum absolute atomic E-state index is 0.149. The van der Waals surface area contributed by atoms with Crippen LogP contribution in [0.25, 0.3) is 0 Å². The van der Waals surface area contributed by atoms with Crippen LogP contribution in [-0.4, -0.2) is 38.8 Å². The van der Waals surface area contributed by atoms with Gasteiger partial charge in [0.25, 0.3) is 0 Å². The van der Waals surface area contributed by atoms with E-state index in [0.717, 1.165) is 25.9 Å². The first-order valence-electron chi connectivity index (χ1n) is 7.76. The highest BCUT2D eigenvalue weighted by atomic mass is 16.5. The van der Waals surface area contributed by atoms with Crippen LogP contribution in [0.5, 0.6) is 0 Å². The van der Waals surface area contributed by atoms with Gasteiger partial charge in [0.1, 0.15) is 6.04 Å². The number of nitrogens with zero attached hydrogens (tertiary/aromatic N) is 1. The normalized spacial score (nSPS) is 12.0. The Morgan fingerprint density at radius 3 is 2.67 bits per heavy atom. The Kier molecular flexibility index (Phi) is 7.83. The van der Waals surface area contributed by atoms with E-state index in [1.165, 1.54) is 11.3 Å². The third kappa shape index (κ3) is 5.76. The summed E-state index contributed by atoms with van der Waals surface area (Å²) in [7, 11) is 2.06. The maximum Gasteiger partial charge on any atom is 0.323 e. The van der Waals surface area contributed by atoms with Gasteiger partial charge in [-0.3, -0.25) is 4.79 Å². The number of benzene rings is 1. The van der Waals surface area contributed by atoms with Gasteiger partial charge < -0.3 is 15.0 Å². The molecule has 1 aromatic rings. The van der Waals surface area contributed by atoms with Crippen LogP contribution in [0, 0.1) is 6.92 Å². The molecule has 0 amide bonds. The molecule has 0 aromatic heterocycles. The summed E-state index contributed by atoms with van der Waals surface area (Å²) < 4.78 is 5.14. The molecule has 1 aromatic carbocycles. The summed E-state index contributed by atoms with van der Waals surface area (Å²) in [5.41, 5.74) is 2.45. The number of anilines is 1. The third-order valence-electron chi connectivity index (χ3n) is 3.49. The zero-order chi connectivity index (χ0) is 15.7. The maximum absolute atomic E-state index is 12.0. The molecule has 0 fully saturated rings. The molecule has 4 heteroatoms. The van der Waals surface area contributed by atoms with Gasteiger partial charge in [0.15, 0.2) is 0 Å². The quantitative estimate of drug-likeness (QED) is 0.711. The maximum atomic E-state index is 12.0. The lowest BCUT2D eigenvalue weighted by Gasteiger charge is -2.24. The summed E-state index contributed by atoms with van der Waals surface area (Å²) in [6.45, 7) is 8.10. The zero-order valence-corrected chi connectivity index (χ0v) is 13.7. The summed E-state index contributed by atoms with van der Waals surface area (Å²) in [6.07, 6.45) is 1.74. The van der Waals surface area contributed by atoms with E-state index < -0.39 is 0 Å². The second-order valence-corrected chi connectivity index (χ2v) is 5.26. The summed E-state index contributed by atoms with van der Waals surface area (Å²) >= 11 is 0. The molecule has 0 saturated heterocycles. The second-order valence-electron chi connectivity index (χ2n) is 5.26. The highest BCUT2D eigenvalue weighted by Crippen LogP contribution is 2.18. The Bertz CT molecular complexity index is 435. The van der Waals surface area contributed by atoms with Crippen molar-refractivity contribution in [3.63, 3.8) is 0 Å². The lowest BCUT2D eigenvalue weighted by Crippen LogP contribution is -2.41. The summed E-state index contributed by atoms with van der Waals surface area (Å²) in [4.78, 5) is 14.2. The van der Waals surface area contributed by atoms with Crippen LogP contribution in [0.3, 0.4) is 0 Å². The number of hydrogen-bond donors (Lipinski definition) is 1. The Labute approximate surface area is 128 Å². The summed E-state index contributed by atoms with van der Waals surface area (Å²) in [6, 6.07) is 8.06. The number of ether oxygens (including phenoxy) is 1. The van der Waals surface area contributed by atoms with Crippen molar-refractivity contribution in [3.05, 3.63) is 29.8 Å². The number of rotatable bonds is 9. The fraction of sp³-hybridized carbons (Fsp3) is 0.588. The predicted molar refractivity (Wildman–Crippen MR) is 87.8 cm³/mol. The Balaban J connectivity index is 2.59. The van der Waals surface area contributed by atoms with E-state index in [9.17, 15) is 4.79 Å². The molecule has 0 aliphatic carbocycles. The van der Waals surface area contributed by atoms with Crippen molar-refractivity contribution in [2.24, 2.45) is 0 Å². The average molecular weight is 292 g/mol. The molecule has 1 atom stereocenters. The third-order valence-corrected chi connectivity index (χ3v) is 3.49. The van der Waals surface area contributed by atoms with Crippen LogP contribution in [0.4, 0.5) is 5.69 Å². The van der Waals surface area contributed by atoms with Gasteiger partial charge in [0.2, 0.25) is 0 Å². The van der Waals surface area contributed by atoms with Crippen molar-refractivity contribution >= 4 is 11.7 Å². The topological polar surface area (TPSA) is 41.6 Å². The molecule has 1 unspecified atom stereocenters. The van der Waals surface area contributed by atoms with Crippen LogP contribution in [0.2, 0.25) is 0 Å². The molecule has 1 N–H and O–H groups in total. The minimum atomic E-state index is -0.226. The largest absolute Gasteiger partial charge is 0.465 e. The van der Waals surface area contributed by atoms with Gasteiger partial charge in [-0.2, -0.15) is 0 Å². The van der Waals surface area contributed by atoms with Crippen molar-refractivity contribution in [1.29, 1.82) is 0 Å². The number of aryl methyl sites for hydroxylation is 1. The molecule has 0 aliphatic rings. The van der Waals surface area contributed by atoms with Gasteiger partial charge in [0.05, 0.1) is 6.61 Å². The highest BCUT2D eigenvalue weighted by molar-refractivity contribution is 5.75. The molecular weight excluding hydrogens is 264 g/mol. The van der Waals surface area contributed by atoms with Crippen molar-refractivity contribution in [1.82, 2.24) is 5.32 Å². The van der Waals surface area contributed by atoms with E-state index in [1.54, 1.807) is 0 Å². The molecule has 21 heavy (non-hydrogen) atoms. The van der Waals surface area contributed by atoms with Gasteiger partial charge in [-0.1, -0.05) is 25.1 Å². The monoisotopic (exact) mass is 292 g/mol. The van der Waals surface area contributed by atoms with Crippen LogP contribution < -0.4 is 10.2 Å². The summed E-state index contributed by atoms with van der Waals surface area (Å²) in [5.74, 6) is -0.149. The molecule has 0 radical (unpaired) electrons. The smallest absolute Gasteiger partial charge is 0.323 e. The predicted octanol–water partition coefficient (Wildman–Crippen LogP) is 2.75. The van der Waals surface area contributed by atoms with Crippen LogP contribution in [0.1, 0.15) is 32.3 Å². The standard InChI is InChI=1S/C17H28N2O2/c1-5-12-18-15(17(20)21-6-2)11-13-19(4)16-10-8-7-9-14(16)3/h7-10,15,18H,5-6,11-13H2,1-4H3. The first-order chi connectivity index (χ1) is 10.1. The van der Waals surface area contributed by atoms with Gasteiger partial charge in [-0.25, -0.2) is 0 Å². The van der Waals surface area contributed by atoms with Crippen molar-refractivity contribution in [2.45, 2.75) is 39.7 Å². The number of para-hydroxylation sites is 1. The molecular formula is C17H28N2O2. The van der Waals surface area contributed by atoms with Crippen LogP contribution >= 0.6 is 0 Å². The molecule has 0 bridgehead atoms. The van der Waals surface area contributed by atoms with Gasteiger partial charge in [-0.15, -0.1) is 0 Å². The number of hydrogen-bond acceptors (Lipinski definition) is 4. The summed E-state index contributed by atoms with van der Waals surface area (Å²) in [5, 5.41) is 3.27. The first kappa shape index (κ1) is 17.5.